The Balaban J connectivity index is 2.30. The standard InChI is InChI=1S/C11H13N5O2/c12-6-9-10(16(17)18)3-4-11(14-9)15-5-1-2-8(13)7-15/h3-4,8H,1-2,5,7,13H2/t8-/m1/s1. The van der Waals surface area contributed by atoms with E-state index in [2.05, 4.69) is 4.98 Å². The van der Waals surface area contributed by atoms with Gasteiger partial charge in [0.15, 0.2) is 0 Å². The van der Waals surface area contributed by atoms with Gasteiger partial charge in [-0.15, -0.1) is 0 Å². The van der Waals surface area contributed by atoms with Crippen molar-refractivity contribution in [2.45, 2.75) is 18.9 Å². The molecule has 1 atom stereocenters. The van der Waals surface area contributed by atoms with Gasteiger partial charge in [-0.2, -0.15) is 5.26 Å². The number of pyridine rings is 1. The van der Waals surface area contributed by atoms with E-state index >= 15 is 0 Å². The Labute approximate surface area is 104 Å². The van der Waals surface area contributed by atoms with Gasteiger partial charge in [0, 0.05) is 25.2 Å². The molecule has 2 rings (SSSR count). The van der Waals surface area contributed by atoms with Crippen LogP contribution in [0.15, 0.2) is 12.1 Å². The molecule has 18 heavy (non-hydrogen) atoms. The summed E-state index contributed by atoms with van der Waals surface area (Å²) in [5, 5.41) is 19.6. The summed E-state index contributed by atoms with van der Waals surface area (Å²) in [4.78, 5) is 16.1. The van der Waals surface area contributed by atoms with Gasteiger partial charge in [-0.3, -0.25) is 10.1 Å². The zero-order chi connectivity index (χ0) is 13.1. The van der Waals surface area contributed by atoms with Gasteiger partial charge in [-0.05, 0) is 18.9 Å². The van der Waals surface area contributed by atoms with E-state index in [-0.39, 0.29) is 17.4 Å². The molecule has 0 saturated carbocycles. The average molecular weight is 247 g/mol. The molecule has 0 amide bonds. The first-order valence-corrected chi connectivity index (χ1v) is 5.68. The Morgan fingerprint density at radius 2 is 2.39 bits per heavy atom. The Hall–Kier alpha value is -2.20. The molecule has 1 aliphatic rings. The minimum Gasteiger partial charge on any atom is -0.355 e. The van der Waals surface area contributed by atoms with Gasteiger partial charge < -0.3 is 10.6 Å². The van der Waals surface area contributed by atoms with E-state index in [0.717, 1.165) is 19.4 Å². The minimum atomic E-state index is -0.600. The van der Waals surface area contributed by atoms with Crippen molar-refractivity contribution in [3.05, 3.63) is 27.9 Å². The summed E-state index contributed by atoms with van der Waals surface area (Å²) in [6, 6.07) is 4.73. The molecule has 0 spiro atoms. The van der Waals surface area contributed by atoms with Crippen molar-refractivity contribution in [2.24, 2.45) is 5.73 Å². The van der Waals surface area contributed by atoms with Crippen LogP contribution in [0.5, 0.6) is 0 Å². The molecule has 2 heterocycles. The first kappa shape index (κ1) is 12.3. The van der Waals surface area contributed by atoms with Crippen molar-refractivity contribution in [3.8, 4) is 6.07 Å². The van der Waals surface area contributed by atoms with Crippen LogP contribution < -0.4 is 10.6 Å². The lowest BCUT2D eigenvalue weighted by atomic mass is 10.1. The number of hydrogen-bond donors (Lipinski definition) is 1. The number of nitrogens with zero attached hydrogens (tertiary/aromatic N) is 4. The highest BCUT2D eigenvalue weighted by molar-refractivity contribution is 5.51. The fraction of sp³-hybridized carbons (Fsp3) is 0.455. The summed E-state index contributed by atoms with van der Waals surface area (Å²) in [6.45, 7) is 1.47. The molecule has 0 radical (unpaired) electrons. The number of piperidine rings is 1. The average Bonchev–Trinajstić information content (AvgIpc) is 2.37. The van der Waals surface area contributed by atoms with Crippen LogP contribution in [0.25, 0.3) is 0 Å². The minimum absolute atomic E-state index is 0.0845. The molecule has 0 bridgehead atoms. The van der Waals surface area contributed by atoms with Crippen molar-refractivity contribution < 1.29 is 4.92 Å². The number of nitro groups is 1. The molecule has 0 aliphatic carbocycles. The number of rotatable bonds is 2. The van der Waals surface area contributed by atoms with Crippen molar-refractivity contribution in [1.82, 2.24) is 4.98 Å². The second-order valence-corrected chi connectivity index (χ2v) is 4.25. The molecule has 1 aromatic heterocycles. The Bertz CT molecular complexity index is 511. The highest BCUT2D eigenvalue weighted by Crippen LogP contribution is 2.22. The SMILES string of the molecule is N#Cc1nc(N2CCC[C@@H](N)C2)ccc1[N+](=O)[O-]. The van der Waals surface area contributed by atoms with E-state index in [0.29, 0.717) is 12.4 Å². The second-order valence-electron chi connectivity index (χ2n) is 4.25. The fourth-order valence-electron chi connectivity index (χ4n) is 2.07. The first-order valence-electron chi connectivity index (χ1n) is 5.68. The molecular weight excluding hydrogens is 234 g/mol. The molecule has 7 nitrogen and oxygen atoms in total. The van der Waals surface area contributed by atoms with Crippen LogP contribution in [0.4, 0.5) is 11.5 Å². The lowest BCUT2D eigenvalue weighted by molar-refractivity contribution is -0.385. The predicted octanol–water partition coefficient (Wildman–Crippen LogP) is 0.789. The molecule has 2 N–H and O–H groups in total. The quantitative estimate of drug-likeness (QED) is 0.611. The molecule has 1 fully saturated rings. The maximum atomic E-state index is 10.7. The number of nitrogens with two attached hydrogens (primary N) is 1. The van der Waals surface area contributed by atoms with Gasteiger partial charge in [0.05, 0.1) is 4.92 Å². The van der Waals surface area contributed by atoms with Crippen molar-refractivity contribution >= 4 is 11.5 Å². The van der Waals surface area contributed by atoms with Gasteiger partial charge in [0.25, 0.3) is 0 Å². The largest absolute Gasteiger partial charge is 0.355 e. The maximum Gasteiger partial charge on any atom is 0.305 e. The molecule has 1 aliphatic heterocycles. The van der Waals surface area contributed by atoms with Gasteiger partial charge in [-0.25, -0.2) is 4.98 Å². The van der Waals surface area contributed by atoms with Crippen molar-refractivity contribution in [1.29, 1.82) is 5.26 Å². The van der Waals surface area contributed by atoms with E-state index in [1.807, 2.05) is 4.90 Å². The van der Waals surface area contributed by atoms with Crippen LogP contribution in [-0.2, 0) is 0 Å². The zero-order valence-corrected chi connectivity index (χ0v) is 9.74. The summed E-state index contributed by atoms with van der Waals surface area (Å²) >= 11 is 0. The van der Waals surface area contributed by atoms with Gasteiger partial charge >= 0.3 is 5.69 Å². The fourth-order valence-corrected chi connectivity index (χ4v) is 2.07. The van der Waals surface area contributed by atoms with Crippen LogP contribution in [0, 0.1) is 21.4 Å². The summed E-state index contributed by atoms with van der Waals surface area (Å²) in [7, 11) is 0. The predicted molar refractivity (Wildman–Crippen MR) is 65.0 cm³/mol. The van der Waals surface area contributed by atoms with E-state index in [1.165, 1.54) is 6.07 Å². The smallest absolute Gasteiger partial charge is 0.305 e. The second kappa shape index (κ2) is 4.98. The Morgan fingerprint density at radius 1 is 1.61 bits per heavy atom. The first-order chi connectivity index (χ1) is 8.61. The molecule has 0 unspecified atom stereocenters. The number of anilines is 1. The van der Waals surface area contributed by atoms with E-state index in [1.54, 1.807) is 12.1 Å². The summed E-state index contributed by atoms with van der Waals surface area (Å²) in [5.41, 5.74) is 5.45. The molecule has 0 aromatic carbocycles. The summed E-state index contributed by atoms with van der Waals surface area (Å²) < 4.78 is 0. The molecule has 7 heteroatoms. The number of hydrogen-bond acceptors (Lipinski definition) is 6. The van der Waals surface area contributed by atoms with Gasteiger partial charge in [0.1, 0.15) is 11.9 Å². The lowest BCUT2D eigenvalue weighted by Crippen LogP contribution is -2.43. The number of aromatic nitrogens is 1. The third kappa shape index (κ3) is 2.38. The molecule has 1 aromatic rings. The third-order valence-corrected chi connectivity index (χ3v) is 2.94. The van der Waals surface area contributed by atoms with E-state index in [4.69, 9.17) is 11.0 Å². The zero-order valence-electron chi connectivity index (χ0n) is 9.74. The van der Waals surface area contributed by atoms with E-state index < -0.39 is 4.92 Å². The maximum absolute atomic E-state index is 10.7. The van der Waals surface area contributed by atoms with Crippen molar-refractivity contribution in [2.75, 3.05) is 18.0 Å². The normalized spacial score (nSPS) is 19.3. The monoisotopic (exact) mass is 247 g/mol. The topological polar surface area (TPSA) is 109 Å². The summed E-state index contributed by atoms with van der Waals surface area (Å²) in [6.07, 6.45) is 1.93. The van der Waals surface area contributed by atoms with Crippen LogP contribution in [0.3, 0.4) is 0 Å². The molecular formula is C11H13N5O2. The highest BCUT2D eigenvalue weighted by atomic mass is 16.6. The van der Waals surface area contributed by atoms with Crippen LogP contribution in [0.2, 0.25) is 0 Å². The highest BCUT2D eigenvalue weighted by Gasteiger charge is 2.21. The van der Waals surface area contributed by atoms with Gasteiger partial charge in [0.2, 0.25) is 5.69 Å². The molecule has 94 valence electrons. The van der Waals surface area contributed by atoms with Gasteiger partial charge in [-0.1, -0.05) is 0 Å². The third-order valence-electron chi connectivity index (χ3n) is 2.94. The van der Waals surface area contributed by atoms with Crippen LogP contribution in [-0.4, -0.2) is 29.0 Å². The Morgan fingerprint density at radius 3 is 3.00 bits per heavy atom. The Kier molecular flexibility index (Phi) is 3.39. The van der Waals surface area contributed by atoms with Crippen LogP contribution >= 0.6 is 0 Å². The number of nitriles is 1. The van der Waals surface area contributed by atoms with Crippen LogP contribution in [0.1, 0.15) is 18.5 Å². The molecule has 1 saturated heterocycles. The lowest BCUT2D eigenvalue weighted by Gasteiger charge is -2.31. The van der Waals surface area contributed by atoms with E-state index in [9.17, 15) is 10.1 Å². The summed E-state index contributed by atoms with van der Waals surface area (Å²) in [5.74, 6) is 0.576. The van der Waals surface area contributed by atoms with Crippen molar-refractivity contribution in [3.63, 3.8) is 0 Å².